The molecule has 0 spiro atoms. The largest absolute Gasteiger partial charge is 0.328 e. The van der Waals surface area contributed by atoms with Gasteiger partial charge in [-0.15, -0.1) is 0 Å². The summed E-state index contributed by atoms with van der Waals surface area (Å²) >= 11 is 0. The van der Waals surface area contributed by atoms with Gasteiger partial charge in [0.1, 0.15) is 0 Å². The topological polar surface area (TPSA) is 26.0 Å². The Kier molecular flexibility index (Phi) is 4.22. The van der Waals surface area contributed by atoms with Gasteiger partial charge in [0.25, 0.3) is 0 Å². The predicted molar refractivity (Wildman–Crippen MR) is 67.7 cm³/mol. The zero-order valence-electron chi connectivity index (χ0n) is 11.2. The molecule has 15 heavy (non-hydrogen) atoms. The van der Waals surface area contributed by atoms with Crippen molar-refractivity contribution in [1.82, 2.24) is 0 Å². The molecular formula is C14H29N. The van der Waals surface area contributed by atoms with Gasteiger partial charge in [0, 0.05) is 6.04 Å². The highest BCUT2D eigenvalue weighted by Crippen LogP contribution is 2.45. The third kappa shape index (κ3) is 3.48. The predicted octanol–water partition coefficient (Wildman–Crippen LogP) is 3.82. The lowest BCUT2D eigenvalue weighted by Gasteiger charge is -2.45. The van der Waals surface area contributed by atoms with Gasteiger partial charge in [-0.1, -0.05) is 34.6 Å². The van der Waals surface area contributed by atoms with Crippen LogP contribution in [-0.2, 0) is 0 Å². The van der Waals surface area contributed by atoms with Crippen LogP contribution in [0.3, 0.4) is 0 Å². The third-order valence-electron chi connectivity index (χ3n) is 4.25. The summed E-state index contributed by atoms with van der Waals surface area (Å²) in [5.74, 6) is 2.46. The van der Waals surface area contributed by atoms with Gasteiger partial charge < -0.3 is 5.73 Å². The smallest absolute Gasteiger partial charge is 0.00419 e. The van der Waals surface area contributed by atoms with E-state index in [1.807, 2.05) is 0 Å². The molecule has 1 nitrogen and oxygen atoms in total. The highest BCUT2D eigenvalue weighted by molar-refractivity contribution is 4.90. The molecule has 3 atom stereocenters. The van der Waals surface area contributed by atoms with Crippen molar-refractivity contribution in [3.63, 3.8) is 0 Å². The van der Waals surface area contributed by atoms with Gasteiger partial charge in [-0.05, 0) is 48.9 Å². The van der Waals surface area contributed by atoms with Crippen LogP contribution in [0.25, 0.3) is 0 Å². The normalized spacial score (nSPS) is 33.0. The summed E-state index contributed by atoms with van der Waals surface area (Å²) in [6, 6.07) is 0.456. The highest BCUT2D eigenvalue weighted by atomic mass is 14.7. The van der Waals surface area contributed by atoms with Crippen molar-refractivity contribution in [1.29, 1.82) is 0 Å². The molecule has 1 fully saturated rings. The molecule has 0 aromatic rings. The minimum Gasteiger partial charge on any atom is -0.328 e. The molecule has 0 saturated heterocycles. The molecule has 0 aromatic heterocycles. The first-order valence-corrected chi connectivity index (χ1v) is 6.58. The lowest BCUT2D eigenvalue weighted by atomic mass is 9.62. The van der Waals surface area contributed by atoms with Crippen LogP contribution in [0.15, 0.2) is 0 Å². The monoisotopic (exact) mass is 211 g/mol. The SMILES string of the molecule is CC(C)CC(C)C1CC(N)CCC1(C)C. The summed E-state index contributed by atoms with van der Waals surface area (Å²) in [5.41, 5.74) is 6.62. The molecule has 0 heterocycles. The summed E-state index contributed by atoms with van der Waals surface area (Å²) in [4.78, 5) is 0. The number of rotatable bonds is 3. The van der Waals surface area contributed by atoms with Gasteiger partial charge >= 0.3 is 0 Å². The van der Waals surface area contributed by atoms with E-state index in [1.165, 1.54) is 25.7 Å². The summed E-state index contributed by atoms with van der Waals surface area (Å²) in [6.45, 7) is 11.9. The lowest BCUT2D eigenvalue weighted by Crippen LogP contribution is -2.41. The second-order valence-corrected chi connectivity index (χ2v) is 6.74. The third-order valence-corrected chi connectivity index (χ3v) is 4.25. The maximum absolute atomic E-state index is 6.11. The average Bonchev–Trinajstić information content (AvgIpc) is 2.08. The van der Waals surface area contributed by atoms with Crippen LogP contribution in [0.4, 0.5) is 0 Å². The van der Waals surface area contributed by atoms with E-state index in [1.54, 1.807) is 0 Å². The van der Waals surface area contributed by atoms with Gasteiger partial charge in [0.15, 0.2) is 0 Å². The minimum atomic E-state index is 0.456. The van der Waals surface area contributed by atoms with E-state index in [-0.39, 0.29) is 0 Å². The van der Waals surface area contributed by atoms with Crippen LogP contribution < -0.4 is 5.73 Å². The highest BCUT2D eigenvalue weighted by Gasteiger charge is 2.38. The molecule has 0 bridgehead atoms. The van der Waals surface area contributed by atoms with Crippen molar-refractivity contribution in [3.8, 4) is 0 Å². The van der Waals surface area contributed by atoms with Crippen LogP contribution in [0, 0.1) is 23.2 Å². The van der Waals surface area contributed by atoms with Crippen molar-refractivity contribution in [2.75, 3.05) is 0 Å². The molecule has 1 heteroatoms. The first kappa shape index (κ1) is 13.0. The van der Waals surface area contributed by atoms with Crippen molar-refractivity contribution in [2.24, 2.45) is 28.9 Å². The molecule has 1 aliphatic rings. The second-order valence-electron chi connectivity index (χ2n) is 6.74. The first-order valence-electron chi connectivity index (χ1n) is 6.58. The van der Waals surface area contributed by atoms with Gasteiger partial charge in [0.2, 0.25) is 0 Å². The Hall–Kier alpha value is -0.0400. The minimum absolute atomic E-state index is 0.456. The molecule has 3 unspecified atom stereocenters. The van der Waals surface area contributed by atoms with Crippen LogP contribution in [0.1, 0.15) is 60.3 Å². The van der Waals surface area contributed by atoms with Gasteiger partial charge in [-0.3, -0.25) is 0 Å². The summed E-state index contributed by atoms with van der Waals surface area (Å²) < 4.78 is 0. The van der Waals surface area contributed by atoms with Gasteiger partial charge in [-0.25, -0.2) is 0 Å². The Morgan fingerprint density at radius 1 is 1.27 bits per heavy atom. The molecule has 2 N–H and O–H groups in total. The molecule has 0 aliphatic heterocycles. The Bertz CT molecular complexity index is 196. The molecule has 90 valence electrons. The Morgan fingerprint density at radius 3 is 2.40 bits per heavy atom. The lowest BCUT2D eigenvalue weighted by molar-refractivity contribution is 0.0686. The van der Waals surface area contributed by atoms with Crippen molar-refractivity contribution < 1.29 is 0 Å². The molecule has 1 rings (SSSR count). The summed E-state index contributed by atoms with van der Waals surface area (Å²) in [5, 5.41) is 0. The molecule has 1 aliphatic carbocycles. The Morgan fingerprint density at radius 2 is 1.87 bits per heavy atom. The molecule has 1 saturated carbocycles. The van der Waals surface area contributed by atoms with E-state index in [0.717, 1.165) is 17.8 Å². The summed E-state index contributed by atoms with van der Waals surface area (Å²) in [7, 11) is 0. The Balaban J connectivity index is 2.63. The second kappa shape index (κ2) is 4.86. The molecular weight excluding hydrogens is 182 g/mol. The number of hydrogen-bond acceptors (Lipinski definition) is 1. The van der Waals surface area contributed by atoms with Crippen LogP contribution in [0.5, 0.6) is 0 Å². The van der Waals surface area contributed by atoms with E-state index in [4.69, 9.17) is 5.73 Å². The maximum atomic E-state index is 6.11. The van der Waals surface area contributed by atoms with E-state index in [0.29, 0.717) is 11.5 Å². The van der Waals surface area contributed by atoms with E-state index >= 15 is 0 Å². The fourth-order valence-electron chi connectivity index (χ4n) is 3.42. The molecule has 0 amide bonds. The van der Waals surface area contributed by atoms with E-state index < -0.39 is 0 Å². The molecule has 0 aromatic carbocycles. The van der Waals surface area contributed by atoms with E-state index in [2.05, 4.69) is 34.6 Å². The van der Waals surface area contributed by atoms with Crippen molar-refractivity contribution >= 4 is 0 Å². The van der Waals surface area contributed by atoms with Gasteiger partial charge in [0.05, 0.1) is 0 Å². The van der Waals surface area contributed by atoms with Crippen LogP contribution >= 0.6 is 0 Å². The summed E-state index contributed by atoms with van der Waals surface area (Å²) in [6.07, 6.45) is 5.11. The number of nitrogens with two attached hydrogens (primary N) is 1. The fourth-order valence-corrected chi connectivity index (χ4v) is 3.42. The van der Waals surface area contributed by atoms with Crippen molar-refractivity contribution in [3.05, 3.63) is 0 Å². The first-order chi connectivity index (χ1) is 6.83. The number of hydrogen-bond donors (Lipinski definition) is 1. The standard InChI is InChI=1S/C14H29N/c1-10(2)8-11(3)13-9-12(15)6-7-14(13,4)5/h10-13H,6-9,15H2,1-5H3. The van der Waals surface area contributed by atoms with Crippen molar-refractivity contribution in [2.45, 2.75) is 66.3 Å². The quantitative estimate of drug-likeness (QED) is 0.754. The van der Waals surface area contributed by atoms with Crippen LogP contribution in [-0.4, -0.2) is 6.04 Å². The maximum Gasteiger partial charge on any atom is 0.00419 e. The van der Waals surface area contributed by atoms with Crippen LogP contribution in [0.2, 0.25) is 0 Å². The average molecular weight is 211 g/mol. The zero-order chi connectivity index (χ0) is 11.6. The van der Waals surface area contributed by atoms with E-state index in [9.17, 15) is 0 Å². The van der Waals surface area contributed by atoms with Gasteiger partial charge in [-0.2, -0.15) is 0 Å². The zero-order valence-corrected chi connectivity index (χ0v) is 11.2. The Labute approximate surface area is 95.8 Å². The molecule has 0 radical (unpaired) electrons. The fraction of sp³-hybridized carbons (Fsp3) is 1.00.